The molecular formula is C25H31ClN4O3S2. The van der Waals surface area contributed by atoms with Crippen molar-refractivity contribution >= 4 is 54.2 Å². The van der Waals surface area contributed by atoms with Crippen LogP contribution in [0.2, 0.25) is 5.02 Å². The van der Waals surface area contributed by atoms with Crippen molar-refractivity contribution in [1.29, 1.82) is 0 Å². The fraction of sp³-hybridized carbons (Fsp3) is 0.440. The van der Waals surface area contributed by atoms with Crippen LogP contribution in [0.4, 0.5) is 5.13 Å². The van der Waals surface area contributed by atoms with Crippen LogP contribution in [0, 0.1) is 5.92 Å². The molecule has 4 rings (SSSR count). The van der Waals surface area contributed by atoms with Crippen LogP contribution in [-0.2, 0) is 21.2 Å². The third-order valence-electron chi connectivity index (χ3n) is 6.37. The summed E-state index contributed by atoms with van der Waals surface area (Å²) in [6.45, 7) is 3.99. The molecule has 1 amide bonds. The molecule has 35 heavy (non-hydrogen) atoms. The summed E-state index contributed by atoms with van der Waals surface area (Å²) in [4.78, 5) is 22.5. The first kappa shape index (κ1) is 26.0. The molecule has 1 saturated heterocycles. The molecule has 1 fully saturated rings. The lowest BCUT2D eigenvalue weighted by molar-refractivity contribution is -0.123. The molecule has 1 aromatic heterocycles. The average molecular weight is 535 g/mol. The second-order valence-corrected chi connectivity index (χ2v) is 12.5. The number of thiazole rings is 1. The Kier molecular flexibility index (Phi) is 8.12. The molecule has 0 N–H and O–H groups in total. The molecule has 2 heterocycles. The van der Waals surface area contributed by atoms with Crippen LogP contribution < -0.4 is 4.90 Å². The fourth-order valence-electron chi connectivity index (χ4n) is 4.21. The lowest BCUT2D eigenvalue weighted by Crippen LogP contribution is -2.46. The van der Waals surface area contributed by atoms with Gasteiger partial charge < -0.3 is 4.90 Å². The molecule has 1 aliphatic rings. The average Bonchev–Trinajstić information content (AvgIpc) is 3.27. The summed E-state index contributed by atoms with van der Waals surface area (Å²) in [5, 5.41) is 1.20. The Morgan fingerprint density at radius 1 is 1.11 bits per heavy atom. The Morgan fingerprint density at radius 2 is 1.80 bits per heavy atom. The van der Waals surface area contributed by atoms with Gasteiger partial charge in [0.1, 0.15) is 0 Å². The second-order valence-electron chi connectivity index (χ2n) is 9.08. The molecule has 10 heteroatoms. The number of halogens is 1. The van der Waals surface area contributed by atoms with Gasteiger partial charge in [-0.2, -0.15) is 4.31 Å². The number of benzene rings is 2. The Bertz CT molecular complexity index is 1280. The quantitative estimate of drug-likeness (QED) is 0.425. The summed E-state index contributed by atoms with van der Waals surface area (Å²) in [7, 11) is 0.349. The maximum atomic E-state index is 13.7. The molecule has 3 aromatic rings. The van der Waals surface area contributed by atoms with E-state index in [1.807, 2.05) is 25.1 Å². The van der Waals surface area contributed by atoms with Crippen LogP contribution in [-0.4, -0.2) is 68.8 Å². The molecule has 1 aliphatic heterocycles. The van der Waals surface area contributed by atoms with E-state index < -0.39 is 10.0 Å². The van der Waals surface area contributed by atoms with Crippen molar-refractivity contribution in [2.45, 2.75) is 31.1 Å². The van der Waals surface area contributed by atoms with Gasteiger partial charge >= 0.3 is 0 Å². The number of anilines is 1. The zero-order valence-electron chi connectivity index (χ0n) is 20.3. The molecule has 0 saturated carbocycles. The number of amides is 1. The summed E-state index contributed by atoms with van der Waals surface area (Å²) in [6, 6.07) is 12.4. The monoisotopic (exact) mass is 534 g/mol. The highest BCUT2D eigenvalue weighted by atomic mass is 35.5. The highest BCUT2D eigenvalue weighted by molar-refractivity contribution is 7.89. The number of fused-ring (bicyclic) bond motifs is 1. The number of likely N-dealkylation sites (N-methyl/N-ethyl adjacent to an activating group) is 1. The topological polar surface area (TPSA) is 73.8 Å². The third-order valence-corrected chi connectivity index (χ3v) is 9.58. The molecule has 188 valence electrons. The summed E-state index contributed by atoms with van der Waals surface area (Å²) in [5.74, 6) is -0.225. The summed E-state index contributed by atoms with van der Waals surface area (Å²) in [5.41, 5.74) is 2.14. The van der Waals surface area contributed by atoms with E-state index in [1.54, 1.807) is 28.4 Å². The predicted octanol–water partition coefficient (Wildman–Crippen LogP) is 4.51. The number of nitrogens with zero attached hydrogens (tertiary/aromatic N) is 4. The van der Waals surface area contributed by atoms with Crippen molar-refractivity contribution in [3.05, 3.63) is 53.1 Å². The van der Waals surface area contributed by atoms with Crippen LogP contribution in [0.3, 0.4) is 0 Å². The zero-order chi connectivity index (χ0) is 25.2. The van der Waals surface area contributed by atoms with Crippen molar-refractivity contribution in [3.8, 4) is 0 Å². The van der Waals surface area contributed by atoms with Crippen LogP contribution in [0.25, 0.3) is 10.2 Å². The van der Waals surface area contributed by atoms with Gasteiger partial charge in [0.05, 0.1) is 15.1 Å². The SMILES string of the molecule is CCc1ccc2nc(N(CCN(C)C)C(=O)C3CCN(S(=O)(=O)c4ccc(Cl)cc4)CC3)sc2c1. The third kappa shape index (κ3) is 5.86. The molecule has 0 aliphatic carbocycles. The van der Waals surface area contributed by atoms with Crippen LogP contribution in [0.15, 0.2) is 47.4 Å². The first-order valence-electron chi connectivity index (χ1n) is 11.8. The normalized spacial score (nSPS) is 15.7. The molecule has 0 atom stereocenters. The first-order chi connectivity index (χ1) is 16.7. The lowest BCUT2D eigenvalue weighted by atomic mass is 9.96. The van der Waals surface area contributed by atoms with Gasteiger partial charge in [-0.3, -0.25) is 9.69 Å². The Hall–Kier alpha value is -2.04. The van der Waals surface area contributed by atoms with Gasteiger partial charge in [0.2, 0.25) is 15.9 Å². The number of carbonyl (C=O) groups excluding carboxylic acids is 1. The van der Waals surface area contributed by atoms with Gasteiger partial charge in [0.15, 0.2) is 5.13 Å². The number of carbonyl (C=O) groups is 1. The number of sulfonamides is 1. The summed E-state index contributed by atoms with van der Waals surface area (Å²) in [6.07, 6.45) is 1.91. The van der Waals surface area contributed by atoms with E-state index in [0.29, 0.717) is 49.2 Å². The van der Waals surface area contributed by atoms with E-state index >= 15 is 0 Å². The number of hydrogen-bond acceptors (Lipinski definition) is 6. The Morgan fingerprint density at radius 3 is 2.43 bits per heavy atom. The predicted molar refractivity (Wildman–Crippen MR) is 143 cm³/mol. The van der Waals surface area contributed by atoms with E-state index in [9.17, 15) is 13.2 Å². The van der Waals surface area contributed by atoms with Crippen molar-refractivity contribution in [3.63, 3.8) is 0 Å². The van der Waals surface area contributed by atoms with Gasteiger partial charge in [0, 0.05) is 37.1 Å². The molecule has 0 bridgehead atoms. The van der Waals surface area contributed by atoms with E-state index in [0.717, 1.165) is 16.6 Å². The van der Waals surface area contributed by atoms with Crippen molar-refractivity contribution in [2.24, 2.45) is 5.92 Å². The minimum absolute atomic E-state index is 0.0187. The van der Waals surface area contributed by atoms with Gasteiger partial charge in [-0.15, -0.1) is 0 Å². The largest absolute Gasteiger partial charge is 0.308 e. The number of aromatic nitrogens is 1. The van der Waals surface area contributed by atoms with E-state index in [-0.39, 0.29) is 16.7 Å². The molecule has 0 radical (unpaired) electrons. The minimum Gasteiger partial charge on any atom is -0.308 e. The maximum absolute atomic E-state index is 13.7. The van der Waals surface area contributed by atoms with Gasteiger partial charge in [-0.05, 0) is 75.3 Å². The zero-order valence-corrected chi connectivity index (χ0v) is 22.7. The summed E-state index contributed by atoms with van der Waals surface area (Å²) < 4.78 is 28.6. The lowest BCUT2D eigenvalue weighted by Gasteiger charge is -2.33. The highest BCUT2D eigenvalue weighted by Crippen LogP contribution is 2.32. The van der Waals surface area contributed by atoms with Crippen LogP contribution in [0.5, 0.6) is 0 Å². The van der Waals surface area contributed by atoms with E-state index in [2.05, 4.69) is 19.1 Å². The van der Waals surface area contributed by atoms with E-state index in [4.69, 9.17) is 16.6 Å². The number of rotatable bonds is 8. The van der Waals surface area contributed by atoms with Crippen LogP contribution >= 0.6 is 22.9 Å². The highest BCUT2D eigenvalue weighted by Gasteiger charge is 2.35. The molecule has 0 unspecified atom stereocenters. The number of aryl methyl sites for hydroxylation is 1. The van der Waals surface area contributed by atoms with Gasteiger partial charge in [0.25, 0.3) is 0 Å². The number of piperidine rings is 1. The second kappa shape index (κ2) is 10.9. The van der Waals surface area contributed by atoms with Crippen LogP contribution in [0.1, 0.15) is 25.3 Å². The van der Waals surface area contributed by atoms with E-state index in [1.165, 1.54) is 22.0 Å². The fourth-order valence-corrected chi connectivity index (χ4v) is 6.87. The van der Waals surface area contributed by atoms with Gasteiger partial charge in [-0.25, -0.2) is 13.4 Å². The summed E-state index contributed by atoms with van der Waals surface area (Å²) >= 11 is 7.45. The van der Waals surface area contributed by atoms with Crippen molar-refractivity contribution in [1.82, 2.24) is 14.2 Å². The molecular weight excluding hydrogens is 504 g/mol. The van der Waals surface area contributed by atoms with Crippen molar-refractivity contribution < 1.29 is 13.2 Å². The number of hydrogen-bond donors (Lipinski definition) is 0. The smallest absolute Gasteiger partial charge is 0.243 e. The molecule has 2 aromatic carbocycles. The molecule has 0 spiro atoms. The standard InChI is InChI=1S/C25H31ClN4O3S2/c1-4-18-5-10-22-23(17-18)34-25(27-22)30(16-15-28(2)3)24(31)19-11-13-29(14-12-19)35(32,33)21-8-6-20(26)7-9-21/h5-10,17,19H,4,11-16H2,1-3H3. The Balaban J connectivity index is 1.51. The first-order valence-corrected chi connectivity index (χ1v) is 14.4. The molecule has 7 nitrogen and oxygen atoms in total. The Labute approximate surface area is 216 Å². The van der Waals surface area contributed by atoms with Crippen molar-refractivity contribution in [2.75, 3.05) is 45.2 Å². The maximum Gasteiger partial charge on any atom is 0.243 e. The van der Waals surface area contributed by atoms with Gasteiger partial charge in [-0.1, -0.05) is 35.9 Å². The minimum atomic E-state index is -3.61.